The molecule has 3 nitrogen and oxygen atoms in total. The Morgan fingerprint density at radius 3 is 2.62 bits per heavy atom. The van der Waals surface area contributed by atoms with Crippen LogP contribution in [0.1, 0.15) is 11.6 Å². The van der Waals surface area contributed by atoms with Gasteiger partial charge in [0.05, 0.1) is 23.9 Å². The zero-order valence-corrected chi connectivity index (χ0v) is 12.1. The second-order valence-electron chi connectivity index (χ2n) is 4.45. The number of ether oxygens (including phenoxy) is 1. The molecular weight excluding hydrogens is 298 g/mol. The van der Waals surface area contributed by atoms with Crippen LogP contribution in [0.25, 0.3) is 0 Å². The van der Waals surface area contributed by atoms with Crippen molar-refractivity contribution >= 4 is 17.3 Å². The van der Waals surface area contributed by atoms with E-state index in [2.05, 4.69) is 5.32 Å². The van der Waals surface area contributed by atoms with E-state index in [1.165, 1.54) is 37.4 Å². The molecule has 0 aliphatic rings. The third-order valence-electron chi connectivity index (χ3n) is 3.07. The summed E-state index contributed by atoms with van der Waals surface area (Å²) in [5.41, 5.74) is 6.74. The SMILES string of the molecule is COc1ccc(C(CN)Nc2cc(F)ccc2Cl)cc1F. The van der Waals surface area contributed by atoms with Crippen LogP contribution in [0.15, 0.2) is 36.4 Å². The lowest BCUT2D eigenvalue weighted by Crippen LogP contribution is -2.21. The predicted molar refractivity (Wildman–Crippen MR) is 79.8 cm³/mol. The smallest absolute Gasteiger partial charge is 0.165 e. The maximum absolute atomic E-state index is 13.7. The minimum Gasteiger partial charge on any atom is -0.494 e. The van der Waals surface area contributed by atoms with Gasteiger partial charge in [-0.2, -0.15) is 0 Å². The van der Waals surface area contributed by atoms with Gasteiger partial charge in [0.2, 0.25) is 0 Å². The summed E-state index contributed by atoms with van der Waals surface area (Å²) in [6, 6.07) is 8.12. The lowest BCUT2D eigenvalue weighted by molar-refractivity contribution is 0.386. The molecule has 1 atom stereocenters. The van der Waals surface area contributed by atoms with Crippen LogP contribution >= 0.6 is 11.6 Å². The van der Waals surface area contributed by atoms with Gasteiger partial charge in [0.25, 0.3) is 0 Å². The average Bonchev–Trinajstić information content (AvgIpc) is 2.48. The van der Waals surface area contributed by atoms with Gasteiger partial charge in [-0.05, 0) is 35.9 Å². The second-order valence-corrected chi connectivity index (χ2v) is 4.86. The molecule has 1 unspecified atom stereocenters. The number of hydrogen-bond acceptors (Lipinski definition) is 3. The molecule has 0 spiro atoms. The van der Waals surface area contributed by atoms with Crippen molar-refractivity contribution in [1.82, 2.24) is 0 Å². The zero-order chi connectivity index (χ0) is 15.4. The summed E-state index contributed by atoms with van der Waals surface area (Å²) < 4.78 is 31.9. The molecule has 2 rings (SSSR count). The number of benzene rings is 2. The van der Waals surface area contributed by atoms with Crippen LogP contribution in [0.3, 0.4) is 0 Å². The highest BCUT2D eigenvalue weighted by Gasteiger charge is 2.14. The molecule has 0 radical (unpaired) electrons. The number of anilines is 1. The number of rotatable bonds is 5. The Labute approximate surface area is 126 Å². The van der Waals surface area contributed by atoms with Gasteiger partial charge in [0.1, 0.15) is 5.82 Å². The summed E-state index contributed by atoms with van der Waals surface area (Å²) in [7, 11) is 1.39. The third-order valence-corrected chi connectivity index (χ3v) is 3.40. The van der Waals surface area contributed by atoms with Crippen molar-refractivity contribution < 1.29 is 13.5 Å². The first-order chi connectivity index (χ1) is 10.0. The van der Waals surface area contributed by atoms with Gasteiger partial charge in [-0.25, -0.2) is 8.78 Å². The van der Waals surface area contributed by atoms with Crippen molar-refractivity contribution in [2.75, 3.05) is 19.0 Å². The summed E-state index contributed by atoms with van der Waals surface area (Å²) in [6.45, 7) is 0.193. The van der Waals surface area contributed by atoms with Crippen molar-refractivity contribution in [2.45, 2.75) is 6.04 Å². The van der Waals surface area contributed by atoms with E-state index >= 15 is 0 Å². The second kappa shape index (κ2) is 6.74. The van der Waals surface area contributed by atoms with Crippen LogP contribution in [-0.2, 0) is 0 Å². The summed E-state index contributed by atoms with van der Waals surface area (Å²) in [6.07, 6.45) is 0. The lowest BCUT2D eigenvalue weighted by Gasteiger charge is -2.20. The number of methoxy groups -OCH3 is 1. The lowest BCUT2D eigenvalue weighted by atomic mass is 10.1. The highest BCUT2D eigenvalue weighted by atomic mass is 35.5. The first kappa shape index (κ1) is 15.5. The third kappa shape index (κ3) is 3.62. The molecule has 0 aromatic heterocycles. The van der Waals surface area contributed by atoms with E-state index < -0.39 is 17.7 Å². The minimum atomic E-state index is -0.486. The van der Waals surface area contributed by atoms with Crippen LogP contribution in [0.5, 0.6) is 5.75 Å². The van der Waals surface area contributed by atoms with Crippen molar-refractivity contribution in [3.8, 4) is 5.75 Å². The molecular formula is C15H15ClF2N2O. The van der Waals surface area contributed by atoms with Crippen molar-refractivity contribution in [1.29, 1.82) is 0 Å². The monoisotopic (exact) mass is 312 g/mol. The first-order valence-corrected chi connectivity index (χ1v) is 6.68. The maximum Gasteiger partial charge on any atom is 0.165 e. The highest BCUT2D eigenvalue weighted by Crippen LogP contribution is 2.28. The summed E-state index contributed by atoms with van der Waals surface area (Å²) in [5.74, 6) is -0.752. The van der Waals surface area contributed by atoms with Gasteiger partial charge in [0.15, 0.2) is 11.6 Å². The normalized spacial score (nSPS) is 12.0. The molecule has 0 heterocycles. The number of nitrogens with two attached hydrogens (primary N) is 1. The van der Waals surface area contributed by atoms with E-state index in [1.54, 1.807) is 6.07 Å². The molecule has 112 valence electrons. The Morgan fingerprint density at radius 1 is 1.24 bits per heavy atom. The summed E-state index contributed by atoms with van der Waals surface area (Å²) >= 11 is 6.00. The largest absolute Gasteiger partial charge is 0.494 e. The molecule has 2 aromatic carbocycles. The molecule has 21 heavy (non-hydrogen) atoms. The zero-order valence-electron chi connectivity index (χ0n) is 11.4. The Kier molecular flexibility index (Phi) is 4.98. The summed E-state index contributed by atoms with van der Waals surface area (Å²) in [5, 5.41) is 3.38. The predicted octanol–water partition coefficient (Wildman–Crippen LogP) is 3.74. The van der Waals surface area contributed by atoms with Gasteiger partial charge in [-0.1, -0.05) is 17.7 Å². The van der Waals surface area contributed by atoms with Gasteiger partial charge in [-0.15, -0.1) is 0 Å². The van der Waals surface area contributed by atoms with Crippen LogP contribution in [-0.4, -0.2) is 13.7 Å². The molecule has 6 heteroatoms. The molecule has 0 saturated carbocycles. The van der Waals surface area contributed by atoms with Crippen LogP contribution in [0.4, 0.5) is 14.5 Å². The quantitative estimate of drug-likeness (QED) is 0.884. The van der Waals surface area contributed by atoms with Crippen LogP contribution < -0.4 is 15.8 Å². The van der Waals surface area contributed by atoms with E-state index in [4.69, 9.17) is 22.1 Å². The Hall–Kier alpha value is -1.85. The fraction of sp³-hybridized carbons (Fsp3) is 0.200. The highest BCUT2D eigenvalue weighted by molar-refractivity contribution is 6.33. The first-order valence-electron chi connectivity index (χ1n) is 6.30. The van der Waals surface area contributed by atoms with E-state index in [0.29, 0.717) is 16.3 Å². The summed E-state index contributed by atoms with van der Waals surface area (Å²) in [4.78, 5) is 0. The molecule has 0 bridgehead atoms. The van der Waals surface area contributed by atoms with Crippen molar-refractivity contribution in [2.24, 2.45) is 5.73 Å². The number of nitrogens with one attached hydrogen (secondary N) is 1. The van der Waals surface area contributed by atoms with Crippen LogP contribution in [0, 0.1) is 11.6 Å². The molecule has 2 aromatic rings. The van der Waals surface area contributed by atoms with E-state index in [0.717, 1.165) is 0 Å². The topological polar surface area (TPSA) is 47.3 Å². The standard InChI is InChI=1S/C15H15ClF2N2O/c1-21-15-5-2-9(6-12(15)18)14(8-19)20-13-7-10(17)3-4-11(13)16/h2-7,14,20H,8,19H2,1H3. The maximum atomic E-state index is 13.7. The number of halogens is 3. The number of hydrogen-bond donors (Lipinski definition) is 2. The van der Waals surface area contributed by atoms with Gasteiger partial charge in [-0.3, -0.25) is 0 Å². The van der Waals surface area contributed by atoms with E-state index in [9.17, 15) is 8.78 Å². The van der Waals surface area contributed by atoms with Crippen molar-refractivity contribution in [3.05, 3.63) is 58.6 Å². The molecule has 3 N–H and O–H groups in total. The molecule has 0 aliphatic heterocycles. The van der Waals surface area contributed by atoms with Gasteiger partial charge >= 0.3 is 0 Å². The molecule has 0 amide bonds. The van der Waals surface area contributed by atoms with Crippen LogP contribution in [0.2, 0.25) is 5.02 Å². The van der Waals surface area contributed by atoms with E-state index in [-0.39, 0.29) is 12.3 Å². The van der Waals surface area contributed by atoms with Gasteiger partial charge in [0, 0.05) is 6.54 Å². The molecule has 0 fully saturated rings. The Balaban J connectivity index is 2.27. The van der Waals surface area contributed by atoms with E-state index in [1.807, 2.05) is 0 Å². The molecule has 0 saturated heterocycles. The fourth-order valence-electron chi connectivity index (χ4n) is 1.97. The molecule has 0 aliphatic carbocycles. The average molecular weight is 313 g/mol. The Morgan fingerprint density at radius 2 is 2.00 bits per heavy atom. The Bertz CT molecular complexity index is 637. The van der Waals surface area contributed by atoms with Gasteiger partial charge < -0.3 is 15.8 Å². The van der Waals surface area contributed by atoms with Crippen molar-refractivity contribution in [3.63, 3.8) is 0 Å². The fourth-order valence-corrected chi connectivity index (χ4v) is 2.15. The minimum absolute atomic E-state index is 0.151.